The number of cyclic esters (lactones) is 2. The molecule has 1 spiro atoms. The molecular formula is C36H46O13. The molecule has 6 rings (SSSR count). The molecule has 268 valence electrons. The average Bonchev–Trinajstić information content (AvgIpc) is 3.63. The van der Waals surface area contributed by atoms with Gasteiger partial charge in [-0.05, 0) is 36.8 Å². The van der Waals surface area contributed by atoms with Gasteiger partial charge in [0, 0.05) is 28.2 Å². The third kappa shape index (κ3) is 4.56. The minimum absolute atomic E-state index is 0.0208. The molecule has 1 N–H and O–H groups in total. The first-order valence-electron chi connectivity index (χ1n) is 17.1. The van der Waals surface area contributed by atoms with Crippen LogP contribution in [0, 0.1) is 45.8 Å². The SMILES string of the molecule is CCC(C)C(=O)O[C@@H]1C2[C@@H](OC(=O)C(C)C)[C@]34O[C@]2(O)[C@@](C)([C@@H](CC(=O)OC=O)C1(C)C)[C@H]3CC[C@]1(C)C4=CC(=O)O[C@H]1C1=CCOC1=O. The van der Waals surface area contributed by atoms with Gasteiger partial charge in [0.15, 0.2) is 5.79 Å². The Morgan fingerprint density at radius 1 is 1.06 bits per heavy atom. The molecule has 2 aliphatic carbocycles. The number of aliphatic hydroxyl groups is 1. The number of hydrogen-bond acceptors (Lipinski definition) is 13. The topological polar surface area (TPSA) is 178 Å². The molecule has 2 saturated carbocycles. The lowest BCUT2D eigenvalue weighted by atomic mass is 9.37. The number of ether oxygens (including phenoxy) is 6. The van der Waals surface area contributed by atoms with Crippen LogP contribution < -0.4 is 0 Å². The zero-order chi connectivity index (χ0) is 36.1. The quantitative estimate of drug-likeness (QED) is 0.162. The van der Waals surface area contributed by atoms with Crippen LogP contribution in [-0.4, -0.2) is 77.7 Å². The minimum atomic E-state index is -2.17. The van der Waals surface area contributed by atoms with E-state index < -0.39 is 105 Å². The van der Waals surface area contributed by atoms with Gasteiger partial charge in [0.1, 0.15) is 30.5 Å². The lowest BCUT2D eigenvalue weighted by molar-refractivity contribution is -0.326. The maximum absolute atomic E-state index is 13.6. The predicted molar refractivity (Wildman–Crippen MR) is 166 cm³/mol. The molecule has 13 nitrogen and oxygen atoms in total. The Morgan fingerprint density at radius 3 is 2.33 bits per heavy atom. The van der Waals surface area contributed by atoms with Crippen molar-refractivity contribution in [1.82, 2.24) is 0 Å². The van der Waals surface area contributed by atoms with Crippen molar-refractivity contribution in [3.8, 4) is 0 Å². The molecular weight excluding hydrogens is 640 g/mol. The van der Waals surface area contributed by atoms with E-state index >= 15 is 0 Å². The highest BCUT2D eigenvalue weighted by Gasteiger charge is 2.90. The molecule has 13 heteroatoms. The average molecular weight is 687 g/mol. The van der Waals surface area contributed by atoms with Crippen molar-refractivity contribution in [1.29, 1.82) is 0 Å². The number of esters is 5. The highest BCUT2D eigenvalue weighted by atomic mass is 16.7. The Morgan fingerprint density at radius 2 is 1.73 bits per heavy atom. The van der Waals surface area contributed by atoms with Gasteiger partial charge in [-0.1, -0.05) is 55.4 Å². The standard InChI is InChI=1S/C36H46O13/c1-9-18(4)30(41)47-27-25-28(48-29(40)17(2)3)35-20(34(8,36(25,43)49-35)21(32(27,5)6)14-23(38)45-16-37)10-12-33(7)22(35)15-24(39)46-26(33)19-11-13-44-31(19)42/h11,15-18,20-21,25-28,43H,9-10,12-14H2,1-8H3/t18?,20-,21+,25?,26+,27-,28-,33-,34-,35+,36+/m1/s1. The van der Waals surface area contributed by atoms with Crippen LogP contribution in [0.4, 0.5) is 0 Å². The van der Waals surface area contributed by atoms with Crippen molar-refractivity contribution in [2.45, 2.75) is 111 Å². The third-order valence-electron chi connectivity index (χ3n) is 12.8. The first-order chi connectivity index (χ1) is 22.9. The molecule has 0 aromatic rings. The molecule has 4 fully saturated rings. The normalized spacial score (nSPS) is 41.8. The number of fused-ring (bicyclic) bond motifs is 2. The van der Waals surface area contributed by atoms with E-state index in [1.54, 1.807) is 33.8 Å². The fourth-order valence-electron chi connectivity index (χ4n) is 10.3. The molecule has 4 aliphatic heterocycles. The Labute approximate surface area is 285 Å². The molecule has 49 heavy (non-hydrogen) atoms. The van der Waals surface area contributed by atoms with Crippen molar-refractivity contribution >= 4 is 36.3 Å². The van der Waals surface area contributed by atoms with Gasteiger partial charge in [0.25, 0.3) is 0 Å². The smallest absolute Gasteiger partial charge is 0.337 e. The van der Waals surface area contributed by atoms with Gasteiger partial charge in [-0.2, -0.15) is 0 Å². The molecule has 0 aromatic heterocycles. The van der Waals surface area contributed by atoms with Crippen LogP contribution in [0.15, 0.2) is 23.3 Å². The zero-order valence-corrected chi connectivity index (χ0v) is 29.2. The number of hydrogen-bond donors (Lipinski definition) is 1. The summed E-state index contributed by atoms with van der Waals surface area (Å²) in [5.74, 6) is -9.27. The van der Waals surface area contributed by atoms with Gasteiger partial charge in [0.05, 0.1) is 29.7 Å². The summed E-state index contributed by atoms with van der Waals surface area (Å²) in [5, 5.41) is 13.2. The van der Waals surface area contributed by atoms with Crippen LogP contribution in [0.1, 0.15) is 81.1 Å². The Hall–Kier alpha value is -3.58. The highest BCUT2D eigenvalue weighted by molar-refractivity contribution is 5.94. The minimum Gasteiger partial charge on any atom is -0.461 e. The Kier molecular flexibility index (Phi) is 8.26. The largest absolute Gasteiger partial charge is 0.461 e. The van der Waals surface area contributed by atoms with Gasteiger partial charge in [-0.3, -0.25) is 19.2 Å². The van der Waals surface area contributed by atoms with Crippen molar-refractivity contribution in [3.05, 3.63) is 23.3 Å². The predicted octanol–water partition coefficient (Wildman–Crippen LogP) is 3.10. The maximum Gasteiger partial charge on any atom is 0.337 e. The van der Waals surface area contributed by atoms with E-state index in [4.69, 9.17) is 28.4 Å². The number of rotatable bonds is 9. The molecule has 2 unspecified atom stereocenters. The molecule has 6 aliphatic rings. The summed E-state index contributed by atoms with van der Waals surface area (Å²) in [4.78, 5) is 77.9. The van der Waals surface area contributed by atoms with Crippen molar-refractivity contribution < 1.29 is 62.3 Å². The van der Waals surface area contributed by atoms with E-state index in [9.17, 15) is 33.9 Å². The summed E-state index contributed by atoms with van der Waals surface area (Å²) in [6, 6.07) is 0. The van der Waals surface area contributed by atoms with Crippen LogP contribution in [-0.2, 0) is 57.2 Å². The second-order valence-electron chi connectivity index (χ2n) is 15.9. The molecule has 0 radical (unpaired) electrons. The highest BCUT2D eigenvalue weighted by Crippen LogP contribution is 2.80. The maximum atomic E-state index is 13.6. The molecule has 11 atom stereocenters. The van der Waals surface area contributed by atoms with Gasteiger partial charge >= 0.3 is 36.3 Å². The molecule has 2 bridgehead atoms. The summed E-state index contributed by atoms with van der Waals surface area (Å²) >= 11 is 0. The van der Waals surface area contributed by atoms with Crippen LogP contribution in [0.25, 0.3) is 0 Å². The number of carbonyl (C=O) groups is 6. The van der Waals surface area contributed by atoms with Crippen LogP contribution in [0.3, 0.4) is 0 Å². The van der Waals surface area contributed by atoms with Gasteiger partial charge < -0.3 is 33.5 Å². The van der Waals surface area contributed by atoms with Gasteiger partial charge in [0.2, 0.25) is 0 Å². The first-order valence-corrected chi connectivity index (χ1v) is 17.1. The zero-order valence-electron chi connectivity index (χ0n) is 29.2. The molecule has 4 heterocycles. The van der Waals surface area contributed by atoms with E-state index in [0.29, 0.717) is 24.8 Å². The molecule has 0 amide bonds. The Balaban J connectivity index is 1.61. The van der Waals surface area contributed by atoms with E-state index in [-0.39, 0.29) is 25.1 Å². The summed E-state index contributed by atoms with van der Waals surface area (Å²) in [6.45, 7) is 14.2. The van der Waals surface area contributed by atoms with Crippen LogP contribution >= 0.6 is 0 Å². The van der Waals surface area contributed by atoms with E-state index in [0.717, 1.165) is 0 Å². The summed E-state index contributed by atoms with van der Waals surface area (Å²) < 4.78 is 35.4. The Bertz CT molecular complexity index is 1560. The van der Waals surface area contributed by atoms with Crippen molar-refractivity contribution in [3.63, 3.8) is 0 Å². The van der Waals surface area contributed by atoms with Gasteiger partial charge in [-0.15, -0.1) is 0 Å². The number of carbonyl (C=O) groups excluding carboxylic acids is 6. The molecule has 0 aromatic carbocycles. The fraction of sp³-hybridized carbons (Fsp3) is 0.722. The van der Waals surface area contributed by atoms with Crippen LogP contribution in [0.2, 0.25) is 0 Å². The molecule has 2 saturated heterocycles. The summed E-state index contributed by atoms with van der Waals surface area (Å²) in [5.41, 5.74) is -4.55. The lowest BCUT2D eigenvalue weighted by Gasteiger charge is -2.67. The second kappa shape index (κ2) is 11.5. The van der Waals surface area contributed by atoms with Crippen molar-refractivity contribution in [2.75, 3.05) is 6.61 Å². The van der Waals surface area contributed by atoms with E-state index in [2.05, 4.69) is 0 Å². The van der Waals surface area contributed by atoms with E-state index in [1.807, 2.05) is 27.7 Å². The first kappa shape index (κ1) is 35.3. The third-order valence-corrected chi connectivity index (χ3v) is 12.8. The fourth-order valence-corrected chi connectivity index (χ4v) is 10.3. The van der Waals surface area contributed by atoms with Gasteiger partial charge in [-0.25, -0.2) is 9.59 Å². The summed E-state index contributed by atoms with van der Waals surface area (Å²) in [7, 11) is 0. The second-order valence-corrected chi connectivity index (χ2v) is 15.9. The van der Waals surface area contributed by atoms with E-state index in [1.165, 1.54) is 6.08 Å². The lowest BCUT2D eigenvalue weighted by Crippen LogP contribution is -2.76. The summed E-state index contributed by atoms with van der Waals surface area (Å²) in [6.07, 6.45) is 0.211. The van der Waals surface area contributed by atoms with Crippen molar-refractivity contribution in [2.24, 2.45) is 45.8 Å². The monoisotopic (exact) mass is 686 g/mol. The van der Waals surface area contributed by atoms with Crippen LogP contribution in [0.5, 0.6) is 0 Å².